The van der Waals surface area contributed by atoms with Crippen LogP contribution in [0, 0.1) is 5.82 Å². The van der Waals surface area contributed by atoms with Crippen LogP contribution >= 0.6 is 11.6 Å². The molecular weight excluding hydrogens is 405 g/mol. The molecule has 0 amide bonds. The molecule has 3 N–H and O–H groups in total. The molecule has 0 saturated carbocycles. The van der Waals surface area contributed by atoms with Gasteiger partial charge in [-0.15, -0.1) is 0 Å². The van der Waals surface area contributed by atoms with E-state index in [-0.39, 0.29) is 22.0 Å². The van der Waals surface area contributed by atoms with Crippen molar-refractivity contribution in [2.75, 3.05) is 10.5 Å². The van der Waals surface area contributed by atoms with Crippen molar-refractivity contribution in [2.45, 2.75) is 4.90 Å². The van der Waals surface area contributed by atoms with Gasteiger partial charge < -0.3 is 5.73 Å². The fraction of sp³-hybridized carbons (Fsp3) is 0. The topological polar surface area (TPSA) is 102 Å². The highest BCUT2D eigenvalue weighted by Crippen LogP contribution is 2.30. The number of anilines is 2. The lowest BCUT2D eigenvalue weighted by Gasteiger charge is -2.11. The fourth-order valence-electron chi connectivity index (χ4n) is 2.72. The standard InChI is InChI=1S/C18H13ClFN5O2S/c19-11-1-4-13(5-2-11)28(26,27)24-12-3-6-14(16(20)9-12)15-10-22-17-7-8-23-25(17)18(15)21/h1-10,24H,21H2. The number of fused-ring (bicyclic) bond motifs is 1. The highest BCUT2D eigenvalue weighted by molar-refractivity contribution is 7.92. The van der Waals surface area contributed by atoms with E-state index < -0.39 is 15.8 Å². The Morgan fingerprint density at radius 2 is 1.82 bits per heavy atom. The minimum atomic E-state index is -3.88. The molecule has 0 radical (unpaired) electrons. The van der Waals surface area contributed by atoms with Gasteiger partial charge in [-0.2, -0.15) is 9.61 Å². The van der Waals surface area contributed by atoms with Crippen molar-refractivity contribution in [3.05, 3.63) is 71.8 Å². The van der Waals surface area contributed by atoms with Crippen molar-refractivity contribution in [3.8, 4) is 11.1 Å². The minimum absolute atomic E-state index is 0.0129. The van der Waals surface area contributed by atoms with Crippen LogP contribution in [0.4, 0.5) is 15.9 Å². The van der Waals surface area contributed by atoms with Crippen LogP contribution in [-0.4, -0.2) is 23.0 Å². The Labute approximate surface area is 164 Å². The first-order chi connectivity index (χ1) is 13.3. The van der Waals surface area contributed by atoms with E-state index in [9.17, 15) is 12.8 Å². The monoisotopic (exact) mass is 417 g/mol. The van der Waals surface area contributed by atoms with Gasteiger partial charge in [-0.3, -0.25) is 4.72 Å². The number of nitrogens with zero attached hydrogens (tertiary/aromatic N) is 3. The number of hydrogen-bond acceptors (Lipinski definition) is 5. The lowest BCUT2D eigenvalue weighted by Crippen LogP contribution is -2.13. The van der Waals surface area contributed by atoms with E-state index in [1.807, 2.05) is 0 Å². The molecule has 2 heterocycles. The molecule has 142 valence electrons. The third-order valence-electron chi connectivity index (χ3n) is 4.09. The van der Waals surface area contributed by atoms with E-state index >= 15 is 0 Å². The van der Waals surface area contributed by atoms with E-state index in [4.69, 9.17) is 17.3 Å². The van der Waals surface area contributed by atoms with Crippen LogP contribution in [0.2, 0.25) is 5.02 Å². The molecule has 0 unspecified atom stereocenters. The van der Waals surface area contributed by atoms with Crippen LogP contribution in [0.3, 0.4) is 0 Å². The van der Waals surface area contributed by atoms with Gasteiger partial charge in [-0.25, -0.2) is 17.8 Å². The largest absolute Gasteiger partial charge is 0.383 e. The molecule has 0 aliphatic heterocycles. The number of sulfonamides is 1. The minimum Gasteiger partial charge on any atom is -0.383 e. The summed E-state index contributed by atoms with van der Waals surface area (Å²) in [5.41, 5.74) is 7.20. The molecule has 4 aromatic rings. The summed E-state index contributed by atoms with van der Waals surface area (Å²) in [6, 6.07) is 11.3. The average molecular weight is 418 g/mol. The van der Waals surface area contributed by atoms with Crippen molar-refractivity contribution in [1.82, 2.24) is 14.6 Å². The first-order valence-corrected chi connectivity index (χ1v) is 9.88. The molecule has 0 spiro atoms. The second-order valence-corrected chi connectivity index (χ2v) is 8.03. The van der Waals surface area contributed by atoms with Crippen molar-refractivity contribution in [2.24, 2.45) is 0 Å². The second-order valence-electron chi connectivity index (χ2n) is 5.91. The molecule has 2 aromatic carbocycles. The van der Waals surface area contributed by atoms with Crippen LogP contribution in [0.5, 0.6) is 0 Å². The molecule has 0 saturated heterocycles. The Hall–Kier alpha value is -3.17. The molecule has 7 nitrogen and oxygen atoms in total. The maximum atomic E-state index is 14.7. The number of nitrogens with two attached hydrogens (primary N) is 1. The summed E-state index contributed by atoms with van der Waals surface area (Å²) in [5.74, 6) is -0.431. The van der Waals surface area contributed by atoms with Crippen LogP contribution < -0.4 is 10.5 Å². The highest BCUT2D eigenvalue weighted by atomic mass is 35.5. The number of aromatic nitrogens is 3. The van der Waals surface area contributed by atoms with Crippen LogP contribution in [0.25, 0.3) is 16.8 Å². The molecule has 10 heteroatoms. The molecular formula is C18H13ClFN5O2S. The zero-order valence-electron chi connectivity index (χ0n) is 14.2. The van der Waals surface area contributed by atoms with Gasteiger partial charge in [-0.05, 0) is 42.5 Å². The van der Waals surface area contributed by atoms with E-state index in [0.29, 0.717) is 16.2 Å². The van der Waals surface area contributed by atoms with Crippen LogP contribution in [-0.2, 0) is 10.0 Å². The van der Waals surface area contributed by atoms with Crippen molar-refractivity contribution in [1.29, 1.82) is 0 Å². The van der Waals surface area contributed by atoms with Gasteiger partial charge in [-0.1, -0.05) is 11.6 Å². The van der Waals surface area contributed by atoms with Crippen LogP contribution in [0.15, 0.2) is 65.8 Å². The van der Waals surface area contributed by atoms with E-state index in [0.717, 1.165) is 6.07 Å². The third-order valence-corrected chi connectivity index (χ3v) is 5.74. The summed E-state index contributed by atoms with van der Waals surface area (Å²) in [5, 5.41) is 4.46. The third kappa shape index (κ3) is 3.25. The quantitative estimate of drug-likeness (QED) is 0.528. The fourth-order valence-corrected chi connectivity index (χ4v) is 3.90. The first kappa shape index (κ1) is 18.2. The Morgan fingerprint density at radius 3 is 2.54 bits per heavy atom. The molecule has 28 heavy (non-hydrogen) atoms. The van der Waals surface area contributed by atoms with Gasteiger partial charge in [0.15, 0.2) is 5.65 Å². The van der Waals surface area contributed by atoms with Gasteiger partial charge in [0.1, 0.15) is 11.6 Å². The van der Waals surface area contributed by atoms with Crippen molar-refractivity contribution in [3.63, 3.8) is 0 Å². The lowest BCUT2D eigenvalue weighted by atomic mass is 10.1. The number of rotatable bonds is 4. The summed E-state index contributed by atoms with van der Waals surface area (Å²) in [7, 11) is -3.88. The number of nitrogen functional groups attached to an aromatic ring is 1. The Morgan fingerprint density at radius 1 is 1.07 bits per heavy atom. The van der Waals surface area contributed by atoms with Gasteiger partial charge >= 0.3 is 0 Å². The number of nitrogens with one attached hydrogen (secondary N) is 1. The molecule has 0 fully saturated rings. The van der Waals surface area contributed by atoms with Gasteiger partial charge in [0.25, 0.3) is 10.0 Å². The Bertz CT molecular complexity index is 1290. The number of benzene rings is 2. The Kier molecular flexibility index (Phi) is 4.40. The molecule has 0 aliphatic carbocycles. The molecule has 4 rings (SSSR count). The first-order valence-electron chi connectivity index (χ1n) is 8.02. The molecule has 0 bridgehead atoms. The van der Waals surface area contributed by atoms with Crippen molar-refractivity contribution >= 4 is 38.8 Å². The average Bonchev–Trinajstić information content (AvgIpc) is 3.13. The van der Waals surface area contributed by atoms with Crippen molar-refractivity contribution < 1.29 is 12.8 Å². The smallest absolute Gasteiger partial charge is 0.261 e. The summed E-state index contributed by atoms with van der Waals surface area (Å²) in [6.45, 7) is 0. The van der Waals surface area contributed by atoms with Crippen LogP contribution in [0.1, 0.15) is 0 Å². The van der Waals surface area contributed by atoms with Gasteiger partial charge in [0.05, 0.1) is 16.8 Å². The molecule has 2 aromatic heterocycles. The zero-order chi connectivity index (χ0) is 19.9. The number of halogens is 2. The number of hydrogen-bond donors (Lipinski definition) is 2. The molecule has 0 atom stereocenters. The zero-order valence-corrected chi connectivity index (χ0v) is 15.7. The summed E-state index contributed by atoms with van der Waals surface area (Å²) >= 11 is 5.77. The van der Waals surface area contributed by atoms with Gasteiger partial charge in [0.2, 0.25) is 0 Å². The SMILES string of the molecule is Nc1c(-c2ccc(NS(=O)(=O)c3ccc(Cl)cc3)cc2F)cnc2ccnn12. The second kappa shape index (κ2) is 6.77. The highest BCUT2D eigenvalue weighted by Gasteiger charge is 2.17. The normalized spacial score (nSPS) is 11.6. The van der Waals surface area contributed by atoms with Gasteiger partial charge in [0, 0.05) is 28.4 Å². The Balaban J connectivity index is 1.68. The van der Waals surface area contributed by atoms with E-state index in [1.54, 1.807) is 6.07 Å². The van der Waals surface area contributed by atoms with E-state index in [2.05, 4.69) is 14.8 Å². The maximum Gasteiger partial charge on any atom is 0.261 e. The van der Waals surface area contributed by atoms with E-state index in [1.165, 1.54) is 53.3 Å². The summed E-state index contributed by atoms with van der Waals surface area (Å²) < 4.78 is 43.3. The summed E-state index contributed by atoms with van der Waals surface area (Å²) in [6.07, 6.45) is 2.98. The maximum absolute atomic E-state index is 14.7. The predicted octanol–water partition coefficient (Wildman–Crippen LogP) is 3.57. The molecule has 0 aliphatic rings. The predicted molar refractivity (Wildman–Crippen MR) is 105 cm³/mol. The lowest BCUT2D eigenvalue weighted by molar-refractivity contribution is 0.601. The summed E-state index contributed by atoms with van der Waals surface area (Å²) in [4.78, 5) is 4.19.